The van der Waals surface area contributed by atoms with E-state index < -0.39 is 0 Å². The van der Waals surface area contributed by atoms with E-state index in [1.165, 1.54) is 0 Å². The number of rotatable bonds is 2. The van der Waals surface area contributed by atoms with Gasteiger partial charge in [0.1, 0.15) is 0 Å². The van der Waals surface area contributed by atoms with E-state index >= 15 is 0 Å². The first-order chi connectivity index (χ1) is 7.16. The number of nitrogens with two attached hydrogens (primary N) is 1. The molecule has 1 amide bonds. The molecule has 0 fully saturated rings. The number of carbonyl (C=O) groups is 2. The molecule has 0 spiro atoms. The van der Waals surface area contributed by atoms with Crippen LogP contribution < -0.4 is 5.73 Å². The Kier molecular flexibility index (Phi) is 2.54. The van der Waals surface area contributed by atoms with Crippen LogP contribution in [0, 0.1) is 5.92 Å². The van der Waals surface area contributed by atoms with E-state index in [4.69, 9.17) is 5.73 Å². The van der Waals surface area contributed by atoms with Crippen molar-refractivity contribution in [2.75, 3.05) is 0 Å². The number of carbonyl (C=O) groups excluding carboxylic acids is 2. The Hall–Kier alpha value is -1.64. The fraction of sp³-hybridized carbons (Fsp3) is 0.333. The molecule has 78 valence electrons. The molecule has 0 unspecified atom stereocenters. The Bertz CT molecular complexity index is 412. The number of hydrogen-bond acceptors (Lipinski definition) is 2. The number of benzene rings is 1. The van der Waals surface area contributed by atoms with Crippen LogP contribution in [0.1, 0.15) is 28.8 Å². The summed E-state index contributed by atoms with van der Waals surface area (Å²) in [6, 6.07) is 7.57. The van der Waals surface area contributed by atoms with Crippen LogP contribution in [0.15, 0.2) is 24.3 Å². The number of fused-ring (bicyclic) bond motifs is 1. The number of amides is 1. The molecule has 0 heterocycles. The second-order valence-electron chi connectivity index (χ2n) is 4.03. The third-order valence-electron chi connectivity index (χ3n) is 2.79. The van der Waals surface area contributed by atoms with E-state index in [1.807, 2.05) is 24.3 Å². The van der Waals surface area contributed by atoms with Crippen molar-refractivity contribution in [1.82, 2.24) is 0 Å². The van der Waals surface area contributed by atoms with Crippen LogP contribution in [0.2, 0.25) is 0 Å². The van der Waals surface area contributed by atoms with E-state index in [0.717, 1.165) is 17.5 Å². The lowest BCUT2D eigenvalue weighted by atomic mass is 9.81. The molecule has 0 aromatic heterocycles. The van der Waals surface area contributed by atoms with Crippen LogP contribution in [0.3, 0.4) is 0 Å². The van der Waals surface area contributed by atoms with Gasteiger partial charge in [0, 0.05) is 18.4 Å². The van der Waals surface area contributed by atoms with Gasteiger partial charge in [0.15, 0.2) is 5.78 Å². The second kappa shape index (κ2) is 3.85. The molecule has 3 nitrogen and oxygen atoms in total. The predicted molar refractivity (Wildman–Crippen MR) is 56.4 cm³/mol. The minimum atomic E-state index is -0.327. The van der Waals surface area contributed by atoms with Gasteiger partial charge in [0.25, 0.3) is 0 Å². The van der Waals surface area contributed by atoms with Crippen LogP contribution in [-0.4, -0.2) is 11.7 Å². The van der Waals surface area contributed by atoms with E-state index in [2.05, 4.69) is 0 Å². The number of Topliss-reactive ketones (excluding diaryl/α,β-unsaturated/α-hetero) is 1. The summed E-state index contributed by atoms with van der Waals surface area (Å²) in [4.78, 5) is 22.5. The molecule has 0 saturated heterocycles. The van der Waals surface area contributed by atoms with Crippen LogP contribution in [0.4, 0.5) is 0 Å². The Morgan fingerprint density at radius 2 is 2.07 bits per heavy atom. The first-order valence-electron chi connectivity index (χ1n) is 5.06. The van der Waals surface area contributed by atoms with Crippen LogP contribution in [0.5, 0.6) is 0 Å². The van der Waals surface area contributed by atoms with Crippen molar-refractivity contribution in [3.63, 3.8) is 0 Å². The van der Waals surface area contributed by atoms with Gasteiger partial charge in [0.05, 0.1) is 0 Å². The lowest BCUT2D eigenvalue weighted by Gasteiger charge is -2.22. The fourth-order valence-corrected chi connectivity index (χ4v) is 2.15. The lowest BCUT2D eigenvalue weighted by Crippen LogP contribution is -2.24. The zero-order valence-electron chi connectivity index (χ0n) is 8.40. The highest BCUT2D eigenvalue weighted by atomic mass is 16.1. The van der Waals surface area contributed by atoms with Crippen LogP contribution in [-0.2, 0) is 11.2 Å². The van der Waals surface area contributed by atoms with Crippen molar-refractivity contribution in [2.45, 2.75) is 19.3 Å². The zero-order chi connectivity index (χ0) is 10.8. The molecule has 1 aromatic carbocycles. The van der Waals surface area contributed by atoms with E-state index in [-0.39, 0.29) is 17.6 Å². The maximum atomic E-state index is 11.7. The molecule has 0 bridgehead atoms. The van der Waals surface area contributed by atoms with Crippen molar-refractivity contribution >= 4 is 11.7 Å². The second-order valence-corrected chi connectivity index (χ2v) is 4.03. The first kappa shape index (κ1) is 9.90. The standard InChI is InChI=1S/C12H13NO2/c13-12(15)7-8-5-9-3-1-2-4-10(9)11(14)6-8/h1-4,8H,5-7H2,(H2,13,15)/t8-/m0/s1. The van der Waals surface area contributed by atoms with Crippen LogP contribution >= 0.6 is 0 Å². The summed E-state index contributed by atoms with van der Waals surface area (Å²) in [5.74, 6) is -0.111. The molecule has 2 N–H and O–H groups in total. The third kappa shape index (κ3) is 2.06. The quantitative estimate of drug-likeness (QED) is 0.787. The lowest BCUT2D eigenvalue weighted by molar-refractivity contribution is -0.118. The maximum absolute atomic E-state index is 11.7. The highest BCUT2D eigenvalue weighted by Gasteiger charge is 2.25. The maximum Gasteiger partial charge on any atom is 0.217 e. The number of hydrogen-bond donors (Lipinski definition) is 1. The van der Waals surface area contributed by atoms with Gasteiger partial charge in [-0.1, -0.05) is 24.3 Å². The van der Waals surface area contributed by atoms with E-state index in [9.17, 15) is 9.59 Å². The molecular formula is C12H13NO2. The summed E-state index contributed by atoms with van der Waals surface area (Å²) in [5, 5.41) is 0. The van der Waals surface area contributed by atoms with Crippen molar-refractivity contribution < 1.29 is 9.59 Å². The summed E-state index contributed by atoms with van der Waals surface area (Å²) in [6.07, 6.45) is 1.53. The van der Waals surface area contributed by atoms with Crippen molar-refractivity contribution in [1.29, 1.82) is 0 Å². The minimum Gasteiger partial charge on any atom is -0.370 e. The van der Waals surface area contributed by atoms with Gasteiger partial charge in [-0.2, -0.15) is 0 Å². The molecule has 1 aromatic rings. The Morgan fingerprint density at radius 1 is 1.33 bits per heavy atom. The van der Waals surface area contributed by atoms with E-state index in [0.29, 0.717) is 12.8 Å². The minimum absolute atomic E-state index is 0.0879. The molecule has 1 aliphatic carbocycles. The van der Waals surface area contributed by atoms with Gasteiger partial charge >= 0.3 is 0 Å². The molecule has 2 rings (SSSR count). The molecular weight excluding hydrogens is 190 g/mol. The Balaban J connectivity index is 2.23. The first-order valence-corrected chi connectivity index (χ1v) is 5.06. The van der Waals surface area contributed by atoms with Crippen LogP contribution in [0.25, 0.3) is 0 Å². The van der Waals surface area contributed by atoms with Gasteiger partial charge in [-0.05, 0) is 17.9 Å². The normalized spacial score (nSPS) is 19.7. The van der Waals surface area contributed by atoms with Gasteiger partial charge in [-0.25, -0.2) is 0 Å². The predicted octanol–water partition coefficient (Wildman–Crippen LogP) is 1.31. The molecule has 15 heavy (non-hydrogen) atoms. The monoisotopic (exact) mass is 203 g/mol. The molecule has 0 saturated carbocycles. The summed E-state index contributed by atoms with van der Waals surface area (Å²) in [6.45, 7) is 0. The largest absolute Gasteiger partial charge is 0.370 e. The average Bonchev–Trinajstić information content (AvgIpc) is 2.16. The van der Waals surface area contributed by atoms with Gasteiger partial charge in [-0.3, -0.25) is 9.59 Å². The molecule has 1 atom stereocenters. The summed E-state index contributed by atoms with van der Waals surface area (Å²) in [5.41, 5.74) is 6.98. The molecule has 0 radical (unpaired) electrons. The van der Waals surface area contributed by atoms with Gasteiger partial charge in [0.2, 0.25) is 5.91 Å². The van der Waals surface area contributed by atoms with Crippen molar-refractivity contribution in [2.24, 2.45) is 11.7 Å². The summed E-state index contributed by atoms with van der Waals surface area (Å²) < 4.78 is 0. The Labute approximate surface area is 88.3 Å². The zero-order valence-corrected chi connectivity index (χ0v) is 8.40. The summed E-state index contributed by atoms with van der Waals surface area (Å²) in [7, 11) is 0. The van der Waals surface area contributed by atoms with Crippen molar-refractivity contribution in [3.8, 4) is 0 Å². The summed E-state index contributed by atoms with van der Waals surface area (Å²) >= 11 is 0. The average molecular weight is 203 g/mol. The Morgan fingerprint density at radius 3 is 2.80 bits per heavy atom. The fourth-order valence-electron chi connectivity index (χ4n) is 2.15. The molecule has 0 aliphatic heterocycles. The van der Waals surface area contributed by atoms with Crippen molar-refractivity contribution in [3.05, 3.63) is 35.4 Å². The smallest absolute Gasteiger partial charge is 0.217 e. The number of primary amides is 1. The molecule has 1 aliphatic rings. The number of ketones is 1. The van der Waals surface area contributed by atoms with Gasteiger partial charge < -0.3 is 5.73 Å². The SMILES string of the molecule is NC(=O)C[C@@H]1CC(=O)c2ccccc2C1. The third-order valence-corrected chi connectivity index (χ3v) is 2.79. The highest BCUT2D eigenvalue weighted by molar-refractivity contribution is 5.98. The van der Waals surface area contributed by atoms with E-state index in [1.54, 1.807) is 0 Å². The topological polar surface area (TPSA) is 60.2 Å². The van der Waals surface area contributed by atoms with Gasteiger partial charge in [-0.15, -0.1) is 0 Å². The molecule has 3 heteroatoms. The highest BCUT2D eigenvalue weighted by Crippen LogP contribution is 2.27.